The summed E-state index contributed by atoms with van der Waals surface area (Å²) in [5, 5.41) is 5.77. The van der Waals surface area contributed by atoms with Gasteiger partial charge in [0.05, 0.1) is 26.7 Å². The molecule has 30 heavy (non-hydrogen) atoms. The third-order valence-electron chi connectivity index (χ3n) is 5.15. The number of carbonyl (C=O) groups excluding carboxylic acids is 2. The summed E-state index contributed by atoms with van der Waals surface area (Å²) in [6.45, 7) is 2.23. The average molecular weight is 412 g/mol. The van der Waals surface area contributed by atoms with Crippen molar-refractivity contribution in [1.29, 1.82) is 0 Å². The van der Waals surface area contributed by atoms with Crippen molar-refractivity contribution in [2.75, 3.05) is 33.9 Å². The molecule has 1 atom stereocenters. The van der Waals surface area contributed by atoms with Crippen LogP contribution in [0.3, 0.4) is 0 Å². The molecule has 0 aliphatic carbocycles. The Bertz CT molecular complexity index is 859. The molecule has 0 radical (unpaired) electrons. The van der Waals surface area contributed by atoms with Crippen LogP contribution >= 0.6 is 0 Å². The molecule has 1 aromatic heterocycles. The second kappa shape index (κ2) is 10.6. The summed E-state index contributed by atoms with van der Waals surface area (Å²) in [5.74, 6) is 1.13. The van der Waals surface area contributed by atoms with E-state index in [9.17, 15) is 9.59 Å². The van der Waals surface area contributed by atoms with Crippen LogP contribution in [-0.2, 0) is 22.6 Å². The fraction of sp³-hybridized carbons (Fsp3) is 0.409. The highest BCUT2D eigenvalue weighted by molar-refractivity contribution is 5.88. The number of benzene rings is 1. The Kier molecular flexibility index (Phi) is 7.62. The molecule has 2 amide bonds. The Labute approximate surface area is 176 Å². The van der Waals surface area contributed by atoms with E-state index in [0.717, 1.165) is 11.1 Å². The lowest BCUT2D eigenvalue weighted by Gasteiger charge is -2.35. The molecule has 1 aromatic carbocycles. The summed E-state index contributed by atoms with van der Waals surface area (Å²) in [4.78, 5) is 31.1. The van der Waals surface area contributed by atoms with Gasteiger partial charge >= 0.3 is 0 Å². The van der Waals surface area contributed by atoms with Gasteiger partial charge in [-0.3, -0.25) is 19.5 Å². The minimum absolute atomic E-state index is 0.108. The molecule has 2 heterocycles. The number of rotatable bonds is 9. The van der Waals surface area contributed by atoms with Crippen molar-refractivity contribution >= 4 is 11.8 Å². The standard InChI is InChI=1S/C22H28N4O4/c1-29-18-6-5-17(20(12-18)30-2)15-26-11-10-25-22(28)19(26)13-21(27)24-9-7-16-4-3-8-23-14-16/h3-6,8,12,14,19H,7,9-11,13,15H2,1-2H3,(H,24,27)(H,25,28)/t19-/m1/s1. The van der Waals surface area contributed by atoms with Crippen LogP contribution in [0, 0.1) is 0 Å². The van der Waals surface area contributed by atoms with Gasteiger partial charge in [0.25, 0.3) is 0 Å². The molecule has 1 aliphatic rings. The molecule has 2 N–H and O–H groups in total. The highest BCUT2D eigenvalue weighted by Gasteiger charge is 2.32. The second-order valence-electron chi connectivity index (χ2n) is 7.12. The number of piperazine rings is 1. The minimum atomic E-state index is -0.524. The van der Waals surface area contributed by atoms with Gasteiger partial charge in [0.1, 0.15) is 11.5 Å². The number of hydrogen-bond donors (Lipinski definition) is 2. The van der Waals surface area contributed by atoms with E-state index >= 15 is 0 Å². The molecule has 2 aromatic rings. The third-order valence-corrected chi connectivity index (χ3v) is 5.15. The number of hydrogen-bond acceptors (Lipinski definition) is 6. The maximum Gasteiger partial charge on any atom is 0.237 e. The van der Waals surface area contributed by atoms with Crippen molar-refractivity contribution in [3.05, 3.63) is 53.9 Å². The molecule has 1 saturated heterocycles. The fourth-order valence-corrected chi connectivity index (χ4v) is 3.51. The molecule has 0 spiro atoms. The zero-order valence-electron chi connectivity index (χ0n) is 17.4. The lowest BCUT2D eigenvalue weighted by Crippen LogP contribution is -2.56. The molecule has 0 unspecified atom stereocenters. The van der Waals surface area contributed by atoms with Crippen LogP contribution in [0.1, 0.15) is 17.5 Å². The van der Waals surface area contributed by atoms with Crippen LogP contribution in [0.4, 0.5) is 0 Å². The number of ether oxygens (including phenoxy) is 2. The van der Waals surface area contributed by atoms with E-state index in [2.05, 4.69) is 15.6 Å². The van der Waals surface area contributed by atoms with Crippen molar-refractivity contribution in [3.8, 4) is 11.5 Å². The minimum Gasteiger partial charge on any atom is -0.497 e. The second-order valence-corrected chi connectivity index (χ2v) is 7.12. The first-order chi connectivity index (χ1) is 14.6. The van der Waals surface area contributed by atoms with Crippen LogP contribution in [0.2, 0.25) is 0 Å². The van der Waals surface area contributed by atoms with E-state index in [0.29, 0.717) is 44.1 Å². The van der Waals surface area contributed by atoms with Gasteiger partial charge in [-0.2, -0.15) is 0 Å². The first kappa shape index (κ1) is 21.6. The van der Waals surface area contributed by atoms with Crippen molar-refractivity contribution in [2.45, 2.75) is 25.4 Å². The highest BCUT2D eigenvalue weighted by atomic mass is 16.5. The summed E-state index contributed by atoms with van der Waals surface area (Å²) < 4.78 is 10.7. The van der Waals surface area contributed by atoms with Gasteiger partial charge in [0, 0.05) is 50.2 Å². The summed E-state index contributed by atoms with van der Waals surface area (Å²) in [5.41, 5.74) is 2.00. The van der Waals surface area contributed by atoms with E-state index < -0.39 is 6.04 Å². The Morgan fingerprint density at radius 2 is 2.17 bits per heavy atom. The maximum atomic E-state index is 12.5. The third kappa shape index (κ3) is 5.70. The maximum absolute atomic E-state index is 12.5. The molecule has 1 fully saturated rings. The van der Waals surface area contributed by atoms with Crippen LogP contribution in [0.5, 0.6) is 11.5 Å². The Balaban J connectivity index is 1.60. The van der Waals surface area contributed by atoms with E-state index in [1.165, 1.54) is 0 Å². The molecular weight excluding hydrogens is 384 g/mol. The van der Waals surface area contributed by atoms with Crippen LogP contribution in [0.25, 0.3) is 0 Å². The Hall–Kier alpha value is -3.13. The van der Waals surface area contributed by atoms with E-state index in [-0.39, 0.29) is 18.2 Å². The molecule has 0 bridgehead atoms. The van der Waals surface area contributed by atoms with Gasteiger partial charge in [0.15, 0.2) is 0 Å². The summed E-state index contributed by atoms with van der Waals surface area (Å²) >= 11 is 0. The normalized spacial score (nSPS) is 16.6. The zero-order chi connectivity index (χ0) is 21.3. The average Bonchev–Trinajstić information content (AvgIpc) is 2.77. The molecule has 1 aliphatic heterocycles. The van der Waals surface area contributed by atoms with Crippen LogP contribution in [0.15, 0.2) is 42.7 Å². The molecule has 8 nitrogen and oxygen atoms in total. The zero-order valence-corrected chi connectivity index (χ0v) is 17.4. The van der Waals surface area contributed by atoms with Crippen molar-refractivity contribution in [3.63, 3.8) is 0 Å². The first-order valence-electron chi connectivity index (χ1n) is 9.99. The quantitative estimate of drug-likeness (QED) is 0.642. The van der Waals surface area contributed by atoms with Crippen molar-refractivity contribution < 1.29 is 19.1 Å². The number of carbonyl (C=O) groups is 2. The smallest absolute Gasteiger partial charge is 0.237 e. The van der Waals surface area contributed by atoms with Crippen molar-refractivity contribution in [2.24, 2.45) is 0 Å². The Morgan fingerprint density at radius 1 is 1.30 bits per heavy atom. The predicted molar refractivity (Wildman–Crippen MR) is 112 cm³/mol. The number of nitrogens with zero attached hydrogens (tertiary/aromatic N) is 2. The van der Waals surface area contributed by atoms with E-state index in [1.807, 2.05) is 35.2 Å². The predicted octanol–water partition coefficient (Wildman–Crippen LogP) is 1.15. The lowest BCUT2D eigenvalue weighted by molar-refractivity contribution is -0.134. The van der Waals surface area contributed by atoms with E-state index in [1.54, 1.807) is 26.6 Å². The van der Waals surface area contributed by atoms with Gasteiger partial charge in [-0.25, -0.2) is 0 Å². The highest BCUT2D eigenvalue weighted by Crippen LogP contribution is 2.27. The first-order valence-corrected chi connectivity index (χ1v) is 9.99. The van der Waals surface area contributed by atoms with Gasteiger partial charge in [-0.15, -0.1) is 0 Å². The number of aromatic nitrogens is 1. The van der Waals surface area contributed by atoms with Crippen molar-refractivity contribution in [1.82, 2.24) is 20.5 Å². The SMILES string of the molecule is COc1ccc(CN2CCNC(=O)[C@H]2CC(=O)NCCc2cccnc2)c(OC)c1. The molecule has 3 rings (SSSR count). The molecular formula is C22H28N4O4. The largest absolute Gasteiger partial charge is 0.497 e. The van der Waals surface area contributed by atoms with Gasteiger partial charge in [0.2, 0.25) is 11.8 Å². The van der Waals surface area contributed by atoms with Gasteiger partial charge < -0.3 is 20.1 Å². The topological polar surface area (TPSA) is 92.8 Å². The van der Waals surface area contributed by atoms with Crippen LogP contribution in [-0.4, -0.2) is 61.6 Å². The number of amides is 2. The summed E-state index contributed by atoms with van der Waals surface area (Å²) in [7, 11) is 3.21. The van der Waals surface area contributed by atoms with Crippen LogP contribution < -0.4 is 20.1 Å². The Morgan fingerprint density at radius 3 is 2.90 bits per heavy atom. The van der Waals surface area contributed by atoms with Gasteiger partial charge in [-0.05, 0) is 24.1 Å². The van der Waals surface area contributed by atoms with E-state index in [4.69, 9.17) is 9.47 Å². The monoisotopic (exact) mass is 412 g/mol. The fourth-order valence-electron chi connectivity index (χ4n) is 3.51. The number of pyridine rings is 1. The number of nitrogens with one attached hydrogen (secondary N) is 2. The molecule has 160 valence electrons. The number of methoxy groups -OCH3 is 2. The summed E-state index contributed by atoms with van der Waals surface area (Å²) in [6.07, 6.45) is 4.31. The van der Waals surface area contributed by atoms with Gasteiger partial charge in [-0.1, -0.05) is 12.1 Å². The summed E-state index contributed by atoms with van der Waals surface area (Å²) in [6, 6.07) is 8.92. The molecule has 0 saturated carbocycles. The lowest BCUT2D eigenvalue weighted by atomic mass is 10.1. The molecule has 8 heteroatoms.